The lowest BCUT2D eigenvalue weighted by Gasteiger charge is -2.21. The zero-order valence-corrected chi connectivity index (χ0v) is 11.8. The molecule has 2 aromatic rings. The third-order valence-electron chi connectivity index (χ3n) is 3.91. The zero-order chi connectivity index (χ0) is 14.1. The van der Waals surface area contributed by atoms with E-state index in [1.807, 2.05) is 30.3 Å². The second kappa shape index (κ2) is 5.17. The van der Waals surface area contributed by atoms with Gasteiger partial charge in [0.1, 0.15) is 11.5 Å². The van der Waals surface area contributed by atoms with Crippen molar-refractivity contribution in [1.82, 2.24) is 0 Å². The maximum atomic E-state index is 6.50. The molecule has 0 aromatic heterocycles. The van der Waals surface area contributed by atoms with Crippen molar-refractivity contribution in [3.05, 3.63) is 59.2 Å². The van der Waals surface area contributed by atoms with E-state index < -0.39 is 0 Å². The Morgan fingerprint density at radius 1 is 1.25 bits per heavy atom. The third-order valence-corrected chi connectivity index (χ3v) is 3.91. The highest BCUT2D eigenvalue weighted by atomic mass is 16.5. The van der Waals surface area contributed by atoms with E-state index in [-0.39, 0.29) is 12.0 Å². The quantitative estimate of drug-likeness (QED) is 0.930. The first-order chi connectivity index (χ1) is 9.70. The van der Waals surface area contributed by atoms with Gasteiger partial charge in [0.05, 0.1) is 13.7 Å². The van der Waals surface area contributed by atoms with Gasteiger partial charge in [0.25, 0.3) is 0 Å². The Kier molecular flexibility index (Phi) is 3.36. The van der Waals surface area contributed by atoms with Gasteiger partial charge >= 0.3 is 0 Å². The van der Waals surface area contributed by atoms with E-state index in [9.17, 15) is 0 Å². The molecule has 20 heavy (non-hydrogen) atoms. The molecule has 0 saturated heterocycles. The number of para-hydroxylation sites is 1. The molecule has 0 aliphatic carbocycles. The van der Waals surface area contributed by atoms with Crippen LogP contribution in [0.1, 0.15) is 28.7 Å². The second-order valence-corrected chi connectivity index (χ2v) is 5.23. The average Bonchev–Trinajstić information content (AvgIpc) is 2.90. The summed E-state index contributed by atoms with van der Waals surface area (Å²) in [5.74, 6) is 1.95. The predicted octanol–water partition coefficient (Wildman–Crippen LogP) is 3.18. The summed E-state index contributed by atoms with van der Waals surface area (Å²) >= 11 is 0. The van der Waals surface area contributed by atoms with Gasteiger partial charge in [-0.15, -0.1) is 0 Å². The number of fused-ring (bicyclic) bond motifs is 1. The van der Waals surface area contributed by atoms with Gasteiger partial charge in [-0.05, 0) is 19.1 Å². The Hall–Kier alpha value is -2.00. The summed E-state index contributed by atoms with van der Waals surface area (Å²) in [6, 6.07) is 14.1. The highest BCUT2D eigenvalue weighted by Crippen LogP contribution is 2.42. The topological polar surface area (TPSA) is 44.5 Å². The lowest BCUT2D eigenvalue weighted by Crippen LogP contribution is -2.21. The molecule has 0 fully saturated rings. The van der Waals surface area contributed by atoms with E-state index >= 15 is 0 Å². The maximum Gasteiger partial charge on any atom is 0.123 e. The highest BCUT2D eigenvalue weighted by Gasteiger charge is 2.31. The number of rotatable bonds is 3. The van der Waals surface area contributed by atoms with E-state index in [0.717, 1.165) is 17.1 Å². The van der Waals surface area contributed by atoms with Crippen molar-refractivity contribution in [2.75, 3.05) is 13.7 Å². The predicted molar refractivity (Wildman–Crippen MR) is 79.3 cm³/mol. The lowest BCUT2D eigenvalue weighted by molar-refractivity contribution is 0.312. The molecular formula is C17H19NO2. The van der Waals surface area contributed by atoms with Crippen LogP contribution in [-0.4, -0.2) is 13.7 Å². The second-order valence-electron chi connectivity index (χ2n) is 5.23. The standard InChI is InChI=1S/C17H19NO2/c1-11-7-8-15(19-2)13(9-11)17(18)14-10-20-16-6-4-3-5-12(14)16/h3-9,14,17H,10,18H2,1-2H3. The molecule has 0 bridgehead atoms. The van der Waals surface area contributed by atoms with E-state index in [0.29, 0.717) is 6.61 Å². The van der Waals surface area contributed by atoms with Gasteiger partial charge < -0.3 is 15.2 Å². The molecule has 0 spiro atoms. The molecule has 0 radical (unpaired) electrons. The number of aryl methyl sites for hydroxylation is 1. The Morgan fingerprint density at radius 2 is 2.05 bits per heavy atom. The fourth-order valence-electron chi connectivity index (χ4n) is 2.82. The Bertz CT molecular complexity index is 624. The summed E-state index contributed by atoms with van der Waals surface area (Å²) in [4.78, 5) is 0. The third kappa shape index (κ3) is 2.14. The molecule has 3 rings (SSSR count). The summed E-state index contributed by atoms with van der Waals surface area (Å²) in [7, 11) is 1.68. The molecule has 2 N–H and O–H groups in total. The number of methoxy groups -OCH3 is 1. The van der Waals surface area contributed by atoms with E-state index in [1.54, 1.807) is 7.11 Å². The minimum absolute atomic E-state index is 0.131. The molecule has 1 heterocycles. The van der Waals surface area contributed by atoms with Gasteiger partial charge in [-0.1, -0.05) is 35.9 Å². The first-order valence-electron chi connectivity index (χ1n) is 6.82. The maximum absolute atomic E-state index is 6.50. The average molecular weight is 269 g/mol. The SMILES string of the molecule is COc1ccc(C)cc1C(N)C1COc2ccccc21. The minimum atomic E-state index is -0.131. The van der Waals surface area contributed by atoms with Crippen LogP contribution in [0.25, 0.3) is 0 Å². The highest BCUT2D eigenvalue weighted by molar-refractivity contribution is 5.45. The molecule has 0 saturated carbocycles. The fraction of sp³-hybridized carbons (Fsp3) is 0.294. The van der Waals surface area contributed by atoms with Gasteiger partial charge in [0, 0.05) is 23.1 Å². The normalized spacial score (nSPS) is 18.2. The monoisotopic (exact) mass is 269 g/mol. The first kappa shape index (κ1) is 13.0. The van der Waals surface area contributed by atoms with Crippen LogP contribution >= 0.6 is 0 Å². The van der Waals surface area contributed by atoms with Crippen molar-refractivity contribution >= 4 is 0 Å². The van der Waals surface area contributed by atoms with E-state index in [2.05, 4.69) is 19.1 Å². The molecule has 2 atom stereocenters. The summed E-state index contributed by atoms with van der Waals surface area (Å²) < 4.78 is 11.2. The molecule has 0 amide bonds. The van der Waals surface area contributed by atoms with Crippen LogP contribution < -0.4 is 15.2 Å². The van der Waals surface area contributed by atoms with Crippen molar-refractivity contribution in [3.8, 4) is 11.5 Å². The molecule has 3 nitrogen and oxygen atoms in total. The van der Waals surface area contributed by atoms with Crippen LogP contribution in [0.5, 0.6) is 11.5 Å². The number of hydrogen-bond donors (Lipinski definition) is 1. The molecular weight excluding hydrogens is 250 g/mol. The van der Waals surface area contributed by atoms with Crippen LogP contribution in [0.3, 0.4) is 0 Å². The number of benzene rings is 2. The van der Waals surface area contributed by atoms with E-state index in [1.165, 1.54) is 11.1 Å². The lowest BCUT2D eigenvalue weighted by atomic mass is 9.88. The number of hydrogen-bond acceptors (Lipinski definition) is 3. The van der Waals surface area contributed by atoms with Gasteiger partial charge in [-0.3, -0.25) is 0 Å². The van der Waals surface area contributed by atoms with Gasteiger partial charge in [-0.2, -0.15) is 0 Å². The van der Waals surface area contributed by atoms with Crippen LogP contribution in [0.4, 0.5) is 0 Å². The Labute approximate surface area is 119 Å². The molecule has 2 aromatic carbocycles. The van der Waals surface area contributed by atoms with Crippen LogP contribution in [-0.2, 0) is 0 Å². The summed E-state index contributed by atoms with van der Waals surface area (Å²) in [6.07, 6.45) is 0. The summed E-state index contributed by atoms with van der Waals surface area (Å²) in [5.41, 5.74) is 9.91. The van der Waals surface area contributed by atoms with Crippen molar-refractivity contribution in [1.29, 1.82) is 0 Å². The minimum Gasteiger partial charge on any atom is -0.496 e. The van der Waals surface area contributed by atoms with Crippen molar-refractivity contribution in [3.63, 3.8) is 0 Å². The van der Waals surface area contributed by atoms with Gasteiger partial charge in [0.15, 0.2) is 0 Å². The summed E-state index contributed by atoms with van der Waals surface area (Å²) in [5, 5.41) is 0. The molecule has 2 unspecified atom stereocenters. The van der Waals surface area contributed by atoms with Crippen LogP contribution in [0.15, 0.2) is 42.5 Å². The molecule has 1 aliphatic rings. The smallest absolute Gasteiger partial charge is 0.123 e. The van der Waals surface area contributed by atoms with Gasteiger partial charge in [-0.25, -0.2) is 0 Å². The van der Waals surface area contributed by atoms with E-state index in [4.69, 9.17) is 15.2 Å². The molecule has 104 valence electrons. The summed E-state index contributed by atoms with van der Waals surface area (Å²) in [6.45, 7) is 2.69. The van der Waals surface area contributed by atoms with Crippen LogP contribution in [0.2, 0.25) is 0 Å². The number of ether oxygens (including phenoxy) is 2. The first-order valence-corrected chi connectivity index (χ1v) is 6.82. The Morgan fingerprint density at radius 3 is 2.85 bits per heavy atom. The molecule has 1 aliphatic heterocycles. The van der Waals surface area contributed by atoms with Crippen LogP contribution in [0, 0.1) is 6.92 Å². The zero-order valence-electron chi connectivity index (χ0n) is 11.8. The van der Waals surface area contributed by atoms with Gasteiger partial charge in [0.2, 0.25) is 0 Å². The van der Waals surface area contributed by atoms with Crippen molar-refractivity contribution < 1.29 is 9.47 Å². The van der Waals surface area contributed by atoms with Crippen molar-refractivity contribution in [2.45, 2.75) is 18.9 Å². The largest absolute Gasteiger partial charge is 0.496 e. The van der Waals surface area contributed by atoms with Crippen molar-refractivity contribution in [2.24, 2.45) is 5.73 Å². The number of nitrogens with two attached hydrogens (primary N) is 1. The fourth-order valence-corrected chi connectivity index (χ4v) is 2.82. The Balaban J connectivity index is 1.98. The molecule has 3 heteroatoms.